The Morgan fingerprint density at radius 1 is 1.47 bits per heavy atom. The SMILES string of the molecule is COc1c(CCCC(=O)O)cc(Br)c(F)c1F. The third-order valence-electron chi connectivity index (χ3n) is 2.24. The Balaban J connectivity index is 2.94. The van der Waals surface area contributed by atoms with Crippen LogP contribution < -0.4 is 4.74 Å². The minimum absolute atomic E-state index is 0.00104. The van der Waals surface area contributed by atoms with Crippen LogP contribution in [0.4, 0.5) is 8.78 Å². The number of halogens is 3. The first-order valence-electron chi connectivity index (χ1n) is 4.89. The smallest absolute Gasteiger partial charge is 0.303 e. The lowest BCUT2D eigenvalue weighted by Gasteiger charge is -2.10. The summed E-state index contributed by atoms with van der Waals surface area (Å²) in [6.45, 7) is 0. The van der Waals surface area contributed by atoms with Crippen molar-refractivity contribution in [3.05, 3.63) is 27.7 Å². The van der Waals surface area contributed by atoms with E-state index in [4.69, 9.17) is 9.84 Å². The van der Waals surface area contributed by atoms with Crippen LogP contribution in [-0.2, 0) is 11.2 Å². The Morgan fingerprint density at radius 3 is 2.65 bits per heavy atom. The normalized spacial score (nSPS) is 10.4. The first-order chi connectivity index (χ1) is 7.97. The van der Waals surface area contributed by atoms with E-state index in [0.29, 0.717) is 18.4 Å². The second-order valence-corrected chi connectivity index (χ2v) is 4.28. The molecule has 1 aromatic rings. The molecule has 17 heavy (non-hydrogen) atoms. The van der Waals surface area contributed by atoms with Crippen molar-refractivity contribution in [2.24, 2.45) is 0 Å². The van der Waals surface area contributed by atoms with E-state index in [9.17, 15) is 13.6 Å². The van der Waals surface area contributed by atoms with Gasteiger partial charge in [-0.05, 0) is 40.4 Å². The first-order valence-corrected chi connectivity index (χ1v) is 5.68. The Kier molecular flexibility index (Phi) is 4.86. The van der Waals surface area contributed by atoms with Crippen molar-refractivity contribution in [1.29, 1.82) is 0 Å². The quantitative estimate of drug-likeness (QED) is 0.850. The molecule has 6 heteroatoms. The maximum absolute atomic E-state index is 13.5. The van der Waals surface area contributed by atoms with Crippen LogP contribution in [0.2, 0.25) is 0 Å². The molecule has 0 saturated heterocycles. The summed E-state index contributed by atoms with van der Waals surface area (Å²) < 4.78 is 31.5. The Hall–Kier alpha value is -1.17. The second-order valence-electron chi connectivity index (χ2n) is 3.43. The number of benzene rings is 1. The van der Waals surface area contributed by atoms with Crippen molar-refractivity contribution in [1.82, 2.24) is 0 Å². The average molecular weight is 309 g/mol. The third-order valence-corrected chi connectivity index (χ3v) is 2.81. The summed E-state index contributed by atoms with van der Waals surface area (Å²) in [7, 11) is 1.24. The number of hydrogen-bond acceptors (Lipinski definition) is 2. The number of carboxylic acid groups (broad SMARTS) is 1. The maximum atomic E-state index is 13.5. The van der Waals surface area contributed by atoms with Gasteiger partial charge in [-0.3, -0.25) is 4.79 Å². The van der Waals surface area contributed by atoms with Crippen LogP contribution in [0.15, 0.2) is 10.5 Å². The first kappa shape index (κ1) is 13.9. The van der Waals surface area contributed by atoms with Crippen molar-refractivity contribution in [3.63, 3.8) is 0 Å². The average Bonchev–Trinajstić information content (AvgIpc) is 2.26. The fraction of sp³-hybridized carbons (Fsp3) is 0.364. The molecular formula is C11H11BrF2O3. The molecule has 1 aromatic carbocycles. The molecule has 1 N–H and O–H groups in total. The van der Waals surface area contributed by atoms with E-state index < -0.39 is 17.6 Å². The van der Waals surface area contributed by atoms with E-state index in [2.05, 4.69) is 15.9 Å². The lowest BCUT2D eigenvalue weighted by Crippen LogP contribution is -2.01. The van der Waals surface area contributed by atoms with Gasteiger partial charge in [0, 0.05) is 6.42 Å². The zero-order chi connectivity index (χ0) is 13.0. The van der Waals surface area contributed by atoms with Gasteiger partial charge in [-0.25, -0.2) is 4.39 Å². The van der Waals surface area contributed by atoms with Crippen LogP contribution in [0.1, 0.15) is 18.4 Å². The number of ether oxygens (including phenoxy) is 1. The summed E-state index contributed by atoms with van der Waals surface area (Å²) in [6.07, 6.45) is 0.619. The number of hydrogen-bond donors (Lipinski definition) is 1. The van der Waals surface area contributed by atoms with Gasteiger partial charge in [0.05, 0.1) is 11.6 Å². The summed E-state index contributed by atoms with van der Waals surface area (Å²) in [5.41, 5.74) is 0.444. The minimum Gasteiger partial charge on any atom is -0.493 e. The summed E-state index contributed by atoms with van der Waals surface area (Å²) in [5, 5.41) is 8.50. The topological polar surface area (TPSA) is 46.5 Å². The van der Waals surface area contributed by atoms with E-state index >= 15 is 0 Å². The Morgan fingerprint density at radius 2 is 2.12 bits per heavy atom. The molecule has 0 spiro atoms. The molecule has 0 radical (unpaired) electrons. The molecule has 0 amide bonds. The molecule has 94 valence electrons. The fourth-order valence-corrected chi connectivity index (χ4v) is 1.91. The van der Waals surface area contributed by atoms with Crippen molar-refractivity contribution >= 4 is 21.9 Å². The predicted octanol–water partition coefficient (Wildman–Crippen LogP) is 3.14. The van der Waals surface area contributed by atoms with Crippen molar-refractivity contribution in [3.8, 4) is 5.75 Å². The van der Waals surface area contributed by atoms with E-state index in [-0.39, 0.29) is 16.6 Å². The number of aryl methyl sites for hydroxylation is 1. The molecule has 0 bridgehead atoms. The number of aliphatic carboxylic acids is 1. The zero-order valence-corrected chi connectivity index (χ0v) is 10.7. The van der Waals surface area contributed by atoms with Crippen LogP contribution in [0, 0.1) is 11.6 Å². The van der Waals surface area contributed by atoms with Crippen LogP contribution in [0.3, 0.4) is 0 Å². The minimum atomic E-state index is -1.06. The van der Waals surface area contributed by atoms with Gasteiger partial charge in [-0.15, -0.1) is 0 Å². The van der Waals surface area contributed by atoms with Gasteiger partial charge in [0.15, 0.2) is 11.6 Å². The van der Waals surface area contributed by atoms with Crippen LogP contribution in [0.5, 0.6) is 5.75 Å². The van der Waals surface area contributed by atoms with Gasteiger partial charge >= 0.3 is 5.97 Å². The molecule has 0 unspecified atom stereocenters. The van der Waals surface area contributed by atoms with Crippen molar-refractivity contribution in [2.45, 2.75) is 19.3 Å². The number of methoxy groups -OCH3 is 1. The Labute approximate surface area is 106 Å². The highest BCUT2D eigenvalue weighted by Crippen LogP contribution is 2.31. The molecule has 0 heterocycles. The van der Waals surface area contributed by atoms with Crippen LogP contribution in [0.25, 0.3) is 0 Å². The van der Waals surface area contributed by atoms with Crippen LogP contribution >= 0.6 is 15.9 Å². The van der Waals surface area contributed by atoms with Gasteiger partial charge in [-0.2, -0.15) is 4.39 Å². The lowest BCUT2D eigenvalue weighted by molar-refractivity contribution is -0.137. The molecule has 3 nitrogen and oxygen atoms in total. The zero-order valence-electron chi connectivity index (χ0n) is 9.10. The fourth-order valence-electron chi connectivity index (χ4n) is 1.46. The third kappa shape index (κ3) is 3.39. The van der Waals surface area contributed by atoms with E-state index in [1.54, 1.807) is 0 Å². The summed E-state index contributed by atoms with van der Waals surface area (Å²) >= 11 is 2.89. The van der Waals surface area contributed by atoms with Crippen LogP contribution in [-0.4, -0.2) is 18.2 Å². The van der Waals surface area contributed by atoms with E-state index in [1.807, 2.05) is 0 Å². The molecule has 0 saturated carbocycles. The predicted molar refractivity (Wildman–Crippen MR) is 61.2 cm³/mol. The molecule has 0 aliphatic carbocycles. The lowest BCUT2D eigenvalue weighted by atomic mass is 10.1. The van der Waals surface area contributed by atoms with Gasteiger partial charge in [0.25, 0.3) is 0 Å². The van der Waals surface area contributed by atoms with Gasteiger partial charge in [0.1, 0.15) is 0 Å². The van der Waals surface area contributed by atoms with Gasteiger partial charge in [0.2, 0.25) is 5.82 Å². The molecule has 0 atom stereocenters. The number of carboxylic acids is 1. The molecule has 0 aliphatic rings. The summed E-state index contributed by atoms with van der Waals surface area (Å²) in [5.74, 6) is -3.17. The standard InChI is InChI=1S/C11H11BrF2O3/c1-17-11-6(3-2-4-8(15)16)5-7(12)9(13)10(11)14/h5H,2-4H2,1H3,(H,15,16). The number of carbonyl (C=O) groups is 1. The highest BCUT2D eigenvalue weighted by Gasteiger charge is 2.17. The molecule has 0 aliphatic heterocycles. The van der Waals surface area contributed by atoms with Crippen molar-refractivity contribution < 1.29 is 23.4 Å². The largest absolute Gasteiger partial charge is 0.493 e. The van der Waals surface area contributed by atoms with E-state index in [1.165, 1.54) is 13.2 Å². The van der Waals surface area contributed by atoms with Gasteiger partial charge < -0.3 is 9.84 Å². The Bertz CT molecular complexity index is 435. The monoisotopic (exact) mass is 308 g/mol. The summed E-state index contributed by atoms with van der Waals surface area (Å²) in [4.78, 5) is 10.4. The van der Waals surface area contributed by atoms with Gasteiger partial charge in [-0.1, -0.05) is 0 Å². The number of rotatable bonds is 5. The van der Waals surface area contributed by atoms with Crippen molar-refractivity contribution in [2.75, 3.05) is 7.11 Å². The molecule has 0 fully saturated rings. The van der Waals surface area contributed by atoms with E-state index in [0.717, 1.165) is 0 Å². The molecule has 1 rings (SSSR count). The molecule has 0 aromatic heterocycles. The maximum Gasteiger partial charge on any atom is 0.303 e. The highest BCUT2D eigenvalue weighted by atomic mass is 79.9. The second kappa shape index (κ2) is 5.95. The molecular weight excluding hydrogens is 298 g/mol. The summed E-state index contributed by atoms with van der Waals surface area (Å²) in [6, 6.07) is 1.40. The highest BCUT2D eigenvalue weighted by molar-refractivity contribution is 9.10.